The molecule has 1 aromatic heterocycles. The molecule has 0 saturated heterocycles. The third-order valence-electron chi connectivity index (χ3n) is 6.04. The summed E-state index contributed by atoms with van der Waals surface area (Å²) in [6.45, 7) is 3.65. The highest BCUT2D eigenvalue weighted by atomic mass is 35.5. The maximum absolute atomic E-state index is 12.9. The number of aromatic nitrogens is 1. The number of methoxy groups -OCH3 is 2. The number of anilines is 1. The van der Waals surface area contributed by atoms with Gasteiger partial charge in [-0.15, -0.1) is 0 Å². The Balaban J connectivity index is 1.77. The molecule has 3 aromatic rings. The minimum Gasteiger partial charge on any atom is -0.497 e. The van der Waals surface area contributed by atoms with Crippen LogP contribution >= 0.6 is 23.2 Å². The molecule has 0 radical (unpaired) electrons. The molecule has 8 nitrogen and oxygen atoms in total. The third kappa shape index (κ3) is 4.81. The number of hydrogen-bond donors (Lipinski definition) is 1. The van der Waals surface area contributed by atoms with Gasteiger partial charge >= 0.3 is 5.97 Å². The summed E-state index contributed by atoms with van der Waals surface area (Å²) in [5.41, 5.74) is 3.28. The molecule has 4 rings (SSSR count). The number of pyridine rings is 1. The van der Waals surface area contributed by atoms with E-state index >= 15 is 0 Å². The summed E-state index contributed by atoms with van der Waals surface area (Å²) in [4.78, 5) is 30.6. The first-order valence-corrected chi connectivity index (χ1v) is 11.7. The highest BCUT2D eigenvalue weighted by Crippen LogP contribution is 2.46. The van der Waals surface area contributed by atoms with Gasteiger partial charge in [-0.25, -0.2) is 4.98 Å². The molecule has 1 atom stereocenters. The molecule has 1 amide bonds. The van der Waals surface area contributed by atoms with Gasteiger partial charge in [0.2, 0.25) is 0 Å². The highest BCUT2D eigenvalue weighted by Gasteiger charge is 2.35. The van der Waals surface area contributed by atoms with E-state index in [0.29, 0.717) is 30.2 Å². The number of benzene rings is 2. The van der Waals surface area contributed by atoms with Crippen LogP contribution in [0.2, 0.25) is 10.0 Å². The molecule has 184 valence electrons. The van der Waals surface area contributed by atoms with Gasteiger partial charge in [0.05, 0.1) is 37.3 Å². The van der Waals surface area contributed by atoms with E-state index in [4.69, 9.17) is 42.4 Å². The molecule has 0 spiro atoms. The molecular weight excluding hydrogens is 493 g/mol. The van der Waals surface area contributed by atoms with Crippen molar-refractivity contribution in [2.45, 2.75) is 33.0 Å². The SMILES string of the molecule is COc1ccc(CNc2nc3c(Cl)c(Cl)c(OC)cc3c3c2CN(C(=O)COC(C)=O)[C@H]3C)cc1. The van der Waals surface area contributed by atoms with Crippen molar-refractivity contribution in [1.29, 1.82) is 0 Å². The summed E-state index contributed by atoms with van der Waals surface area (Å²) >= 11 is 13.0. The van der Waals surface area contributed by atoms with Crippen molar-refractivity contribution >= 4 is 51.8 Å². The van der Waals surface area contributed by atoms with Crippen molar-refractivity contribution in [3.05, 3.63) is 57.1 Å². The zero-order valence-corrected chi connectivity index (χ0v) is 21.3. The van der Waals surface area contributed by atoms with Crippen molar-refractivity contribution in [3.63, 3.8) is 0 Å². The van der Waals surface area contributed by atoms with E-state index in [2.05, 4.69) is 5.32 Å². The number of nitrogens with one attached hydrogen (secondary N) is 1. The largest absolute Gasteiger partial charge is 0.497 e. The van der Waals surface area contributed by atoms with Gasteiger partial charge in [-0.1, -0.05) is 35.3 Å². The van der Waals surface area contributed by atoms with E-state index in [0.717, 1.165) is 27.8 Å². The fourth-order valence-corrected chi connectivity index (χ4v) is 4.71. The molecule has 1 aliphatic rings. The molecular formula is C25H25Cl2N3O5. The van der Waals surface area contributed by atoms with Crippen LogP contribution in [0.3, 0.4) is 0 Å². The molecule has 1 aliphatic heterocycles. The number of nitrogens with zero attached hydrogens (tertiary/aromatic N) is 2. The van der Waals surface area contributed by atoms with Gasteiger partial charge in [0, 0.05) is 24.4 Å². The van der Waals surface area contributed by atoms with E-state index < -0.39 is 5.97 Å². The normalized spacial score (nSPS) is 14.6. The second-order valence-corrected chi connectivity index (χ2v) is 8.89. The van der Waals surface area contributed by atoms with Crippen molar-refractivity contribution in [2.75, 3.05) is 26.1 Å². The standard InChI is InChI=1S/C25H25Cl2N3O5/c1-13-21-17-9-19(34-4)22(26)23(27)24(17)29-25(28-10-15-5-7-16(33-3)8-6-15)18(21)11-30(13)20(32)12-35-14(2)31/h5-9,13H,10-12H2,1-4H3,(H,28,29)/t13-/m0/s1. The summed E-state index contributed by atoms with van der Waals surface area (Å²) in [6.07, 6.45) is 0. The Labute approximate surface area is 213 Å². The average Bonchev–Trinajstić information content (AvgIpc) is 3.21. The Morgan fingerprint density at radius 1 is 1.14 bits per heavy atom. The maximum Gasteiger partial charge on any atom is 0.303 e. The lowest BCUT2D eigenvalue weighted by Gasteiger charge is -2.22. The Bertz CT molecular complexity index is 1300. The molecule has 0 bridgehead atoms. The lowest BCUT2D eigenvalue weighted by atomic mass is 10.00. The predicted molar refractivity (Wildman–Crippen MR) is 134 cm³/mol. The first-order valence-electron chi connectivity index (χ1n) is 10.9. The molecule has 2 aromatic carbocycles. The van der Waals surface area contributed by atoms with E-state index in [1.807, 2.05) is 31.2 Å². The molecule has 0 unspecified atom stereocenters. The lowest BCUT2D eigenvalue weighted by molar-refractivity contribution is -0.151. The van der Waals surface area contributed by atoms with Crippen molar-refractivity contribution < 1.29 is 23.8 Å². The van der Waals surface area contributed by atoms with E-state index in [1.165, 1.54) is 14.0 Å². The highest BCUT2D eigenvalue weighted by molar-refractivity contribution is 6.46. The van der Waals surface area contributed by atoms with Crippen molar-refractivity contribution in [3.8, 4) is 11.5 Å². The Kier molecular flexibility index (Phi) is 7.23. The van der Waals surface area contributed by atoms with Crippen LogP contribution < -0.4 is 14.8 Å². The van der Waals surface area contributed by atoms with Gasteiger partial charge in [-0.05, 0) is 36.2 Å². The van der Waals surface area contributed by atoms with Gasteiger partial charge in [-0.2, -0.15) is 0 Å². The van der Waals surface area contributed by atoms with Crippen LogP contribution in [0.25, 0.3) is 10.9 Å². The zero-order chi connectivity index (χ0) is 25.3. The van der Waals surface area contributed by atoms with Gasteiger partial charge in [0.15, 0.2) is 6.61 Å². The Hall–Kier alpha value is -3.23. The van der Waals surface area contributed by atoms with E-state index in [1.54, 1.807) is 18.1 Å². The predicted octanol–water partition coefficient (Wildman–Crippen LogP) is 5.14. The second-order valence-electron chi connectivity index (χ2n) is 8.14. The van der Waals surface area contributed by atoms with Gasteiger partial charge in [-0.3, -0.25) is 9.59 Å². The van der Waals surface area contributed by atoms with Crippen LogP contribution in [-0.2, 0) is 27.4 Å². The number of fused-ring (bicyclic) bond motifs is 3. The fraction of sp³-hybridized carbons (Fsp3) is 0.320. The minimum absolute atomic E-state index is 0.267. The quantitative estimate of drug-likeness (QED) is 0.434. The number of rotatable bonds is 7. The maximum atomic E-state index is 12.9. The first kappa shape index (κ1) is 24.9. The first-order chi connectivity index (χ1) is 16.7. The van der Waals surface area contributed by atoms with Crippen molar-refractivity contribution in [2.24, 2.45) is 0 Å². The van der Waals surface area contributed by atoms with E-state index in [9.17, 15) is 9.59 Å². The van der Waals surface area contributed by atoms with Crippen LogP contribution in [0, 0.1) is 0 Å². The summed E-state index contributed by atoms with van der Waals surface area (Å²) in [7, 11) is 3.13. The van der Waals surface area contributed by atoms with Crippen molar-refractivity contribution in [1.82, 2.24) is 9.88 Å². The number of carbonyl (C=O) groups excluding carboxylic acids is 2. The fourth-order valence-electron chi connectivity index (χ4n) is 4.25. The third-order valence-corrected chi connectivity index (χ3v) is 6.88. The Morgan fingerprint density at radius 2 is 1.86 bits per heavy atom. The van der Waals surface area contributed by atoms with Crippen LogP contribution in [0.1, 0.15) is 36.6 Å². The number of carbonyl (C=O) groups is 2. The smallest absolute Gasteiger partial charge is 0.303 e. The molecule has 35 heavy (non-hydrogen) atoms. The van der Waals surface area contributed by atoms with Gasteiger partial charge in [0.1, 0.15) is 22.3 Å². The number of esters is 1. The van der Waals surface area contributed by atoms with Crippen LogP contribution in [-0.4, -0.2) is 42.6 Å². The lowest BCUT2D eigenvalue weighted by Crippen LogP contribution is -2.32. The second kappa shape index (κ2) is 10.2. The molecule has 1 N–H and O–H groups in total. The number of hydrogen-bond acceptors (Lipinski definition) is 7. The Morgan fingerprint density at radius 3 is 2.49 bits per heavy atom. The number of amides is 1. The molecule has 10 heteroatoms. The monoisotopic (exact) mass is 517 g/mol. The summed E-state index contributed by atoms with van der Waals surface area (Å²) in [6, 6.07) is 9.16. The summed E-state index contributed by atoms with van der Waals surface area (Å²) in [5, 5.41) is 4.67. The van der Waals surface area contributed by atoms with Gasteiger partial charge in [0.25, 0.3) is 5.91 Å². The molecule has 0 aliphatic carbocycles. The van der Waals surface area contributed by atoms with Gasteiger partial charge < -0.3 is 24.4 Å². The van der Waals surface area contributed by atoms with Crippen LogP contribution in [0.4, 0.5) is 5.82 Å². The number of ether oxygens (including phenoxy) is 3. The zero-order valence-electron chi connectivity index (χ0n) is 19.8. The van der Waals surface area contributed by atoms with Crippen LogP contribution in [0.15, 0.2) is 30.3 Å². The van der Waals surface area contributed by atoms with Crippen LogP contribution in [0.5, 0.6) is 11.5 Å². The molecule has 0 fully saturated rings. The number of halogens is 2. The topological polar surface area (TPSA) is 90.0 Å². The summed E-state index contributed by atoms with van der Waals surface area (Å²) in [5.74, 6) is 0.975. The summed E-state index contributed by atoms with van der Waals surface area (Å²) < 4.78 is 15.6. The molecule has 2 heterocycles. The van der Waals surface area contributed by atoms with E-state index in [-0.39, 0.29) is 28.6 Å². The molecule has 0 saturated carbocycles. The average molecular weight is 518 g/mol. The minimum atomic E-state index is -0.511.